The molecule has 1 aliphatic carbocycles. The third kappa shape index (κ3) is 3.67. The molecule has 148 valence electrons. The fraction of sp³-hybridized carbons (Fsp3) is 0.240. The molecule has 4 heteroatoms. The molecule has 0 aliphatic heterocycles. The smallest absolute Gasteiger partial charge is 0.258 e. The maximum atomic E-state index is 15.4. The first-order valence-electron chi connectivity index (χ1n) is 9.86. The van der Waals surface area contributed by atoms with E-state index in [9.17, 15) is 4.79 Å². The third-order valence-electron chi connectivity index (χ3n) is 5.75. The Morgan fingerprint density at radius 2 is 1.72 bits per heavy atom. The fourth-order valence-corrected chi connectivity index (χ4v) is 4.10. The van der Waals surface area contributed by atoms with Crippen LogP contribution in [0.15, 0.2) is 72.8 Å². The number of halogens is 2. The average molecular weight is 408 g/mol. The summed E-state index contributed by atoms with van der Waals surface area (Å²) in [5.74, 6) is -0.244. The van der Waals surface area contributed by atoms with Gasteiger partial charge in [0.2, 0.25) is 0 Å². The van der Waals surface area contributed by atoms with Crippen LogP contribution in [0.3, 0.4) is 0 Å². The summed E-state index contributed by atoms with van der Waals surface area (Å²) in [6, 6.07) is 22.1. The lowest BCUT2D eigenvalue weighted by molar-refractivity contribution is 0.0988. The van der Waals surface area contributed by atoms with Crippen LogP contribution in [0, 0.1) is 6.92 Å². The molecule has 2 atom stereocenters. The Kier molecular flexibility index (Phi) is 5.18. The van der Waals surface area contributed by atoms with Gasteiger partial charge in [0, 0.05) is 28.7 Å². The van der Waals surface area contributed by atoms with E-state index in [1.807, 2.05) is 50.2 Å². The Balaban J connectivity index is 1.54. The second-order valence-electron chi connectivity index (χ2n) is 7.58. The molecule has 4 rings (SSSR count). The van der Waals surface area contributed by atoms with Crippen LogP contribution >= 0.6 is 11.6 Å². The molecule has 29 heavy (non-hydrogen) atoms. The van der Waals surface area contributed by atoms with Gasteiger partial charge in [0.25, 0.3) is 5.91 Å². The van der Waals surface area contributed by atoms with E-state index in [1.165, 1.54) is 0 Å². The molecule has 2 unspecified atom stereocenters. The van der Waals surface area contributed by atoms with Crippen molar-refractivity contribution in [2.45, 2.75) is 31.9 Å². The number of amides is 1. The van der Waals surface area contributed by atoms with E-state index in [1.54, 1.807) is 41.3 Å². The number of carbonyl (C=O) groups excluding carboxylic acids is 1. The summed E-state index contributed by atoms with van der Waals surface area (Å²) in [6.07, 6.45) is 0.451. The van der Waals surface area contributed by atoms with Gasteiger partial charge in [-0.25, -0.2) is 4.39 Å². The monoisotopic (exact) mass is 407 g/mol. The minimum atomic E-state index is -1.38. The van der Waals surface area contributed by atoms with Crippen LogP contribution in [0.5, 0.6) is 0 Å². The predicted octanol–water partition coefficient (Wildman–Crippen LogP) is 6.67. The standard InChI is InChI=1S/C25H23ClFNO/c1-3-28(23-7-5-4-6-17(23)2)24(29)19-8-12-20(13-9-19)25(27)16-22(25)18-10-14-21(26)15-11-18/h4-15,22H,3,16H2,1-2H3. The van der Waals surface area contributed by atoms with Crippen molar-refractivity contribution in [2.24, 2.45) is 0 Å². The molecule has 0 radical (unpaired) electrons. The lowest BCUT2D eigenvalue weighted by Gasteiger charge is -2.23. The summed E-state index contributed by atoms with van der Waals surface area (Å²) in [6.45, 7) is 4.51. The number of para-hydroxylation sites is 1. The highest BCUT2D eigenvalue weighted by molar-refractivity contribution is 6.30. The van der Waals surface area contributed by atoms with Gasteiger partial charge in [-0.1, -0.05) is 54.1 Å². The van der Waals surface area contributed by atoms with Crippen molar-refractivity contribution in [3.8, 4) is 0 Å². The van der Waals surface area contributed by atoms with Gasteiger partial charge in [-0.05, 0) is 67.3 Å². The van der Waals surface area contributed by atoms with Crippen molar-refractivity contribution in [3.05, 3.63) is 100 Å². The topological polar surface area (TPSA) is 20.3 Å². The number of carbonyl (C=O) groups is 1. The Morgan fingerprint density at radius 1 is 1.07 bits per heavy atom. The minimum absolute atomic E-state index is 0.0775. The summed E-state index contributed by atoms with van der Waals surface area (Å²) < 4.78 is 15.4. The first-order valence-corrected chi connectivity index (χ1v) is 10.2. The van der Waals surface area contributed by atoms with Crippen LogP contribution in [-0.2, 0) is 5.67 Å². The number of anilines is 1. The molecular weight excluding hydrogens is 385 g/mol. The molecule has 1 fully saturated rings. The van der Waals surface area contributed by atoms with Crippen LogP contribution in [0.2, 0.25) is 5.02 Å². The second-order valence-corrected chi connectivity index (χ2v) is 8.02. The summed E-state index contributed by atoms with van der Waals surface area (Å²) in [4.78, 5) is 14.8. The normalized spacial score (nSPS) is 20.3. The zero-order valence-corrected chi connectivity index (χ0v) is 17.3. The quantitative estimate of drug-likeness (QED) is 0.462. The molecule has 0 N–H and O–H groups in total. The summed E-state index contributed by atoms with van der Waals surface area (Å²) >= 11 is 5.93. The molecule has 1 aliphatic rings. The highest BCUT2D eigenvalue weighted by atomic mass is 35.5. The number of hydrogen-bond acceptors (Lipinski definition) is 1. The number of alkyl halides is 1. The van der Waals surface area contributed by atoms with Gasteiger partial charge in [-0.2, -0.15) is 0 Å². The molecule has 0 aromatic heterocycles. The highest BCUT2D eigenvalue weighted by Gasteiger charge is 2.57. The summed E-state index contributed by atoms with van der Waals surface area (Å²) in [7, 11) is 0. The Morgan fingerprint density at radius 3 is 2.34 bits per heavy atom. The number of aryl methyl sites for hydroxylation is 1. The van der Waals surface area contributed by atoms with Gasteiger partial charge in [-0.3, -0.25) is 4.79 Å². The maximum Gasteiger partial charge on any atom is 0.258 e. The van der Waals surface area contributed by atoms with Gasteiger partial charge < -0.3 is 4.90 Å². The van der Waals surface area contributed by atoms with E-state index >= 15 is 4.39 Å². The Hall–Kier alpha value is -2.65. The number of hydrogen-bond donors (Lipinski definition) is 0. The Bertz CT molecular complexity index is 1030. The van der Waals surface area contributed by atoms with Crippen molar-refractivity contribution >= 4 is 23.2 Å². The Labute approximate surface area is 175 Å². The van der Waals surface area contributed by atoms with Crippen molar-refractivity contribution in [2.75, 3.05) is 11.4 Å². The van der Waals surface area contributed by atoms with Crippen LogP contribution < -0.4 is 4.90 Å². The third-order valence-corrected chi connectivity index (χ3v) is 6.00. The largest absolute Gasteiger partial charge is 0.308 e. The first kappa shape index (κ1) is 19.7. The molecule has 2 nitrogen and oxygen atoms in total. The lowest BCUT2D eigenvalue weighted by Crippen LogP contribution is -2.31. The SMILES string of the molecule is CCN(C(=O)c1ccc(C2(F)CC2c2ccc(Cl)cc2)cc1)c1ccccc1C. The second kappa shape index (κ2) is 7.64. The van der Waals surface area contributed by atoms with Gasteiger partial charge in [0.1, 0.15) is 5.67 Å². The summed E-state index contributed by atoms with van der Waals surface area (Å²) in [5, 5.41) is 0.649. The van der Waals surface area contributed by atoms with Crippen molar-refractivity contribution < 1.29 is 9.18 Å². The van der Waals surface area contributed by atoms with E-state index in [-0.39, 0.29) is 11.8 Å². The van der Waals surface area contributed by atoms with Gasteiger partial charge >= 0.3 is 0 Å². The number of benzene rings is 3. The predicted molar refractivity (Wildman–Crippen MR) is 117 cm³/mol. The zero-order valence-electron chi connectivity index (χ0n) is 16.5. The van der Waals surface area contributed by atoms with Gasteiger partial charge in [0.15, 0.2) is 0 Å². The maximum absolute atomic E-state index is 15.4. The van der Waals surface area contributed by atoms with Crippen LogP contribution in [0.25, 0.3) is 0 Å². The molecule has 0 bridgehead atoms. The van der Waals surface area contributed by atoms with Crippen LogP contribution in [0.1, 0.15) is 46.3 Å². The molecule has 1 saturated carbocycles. The average Bonchev–Trinajstić information content (AvgIpc) is 3.43. The van der Waals surface area contributed by atoms with Crippen LogP contribution in [0.4, 0.5) is 10.1 Å². The number of nitrogens with zero attached hydrogens (tertiary/aromatic N) is 1. The molecule has 0 saturated heterocycles. The van der Waals surface area contributed by atoms with Crippen molar-refractivity contribution in [3.63, 3.8) is 0 Å². The van der Waals surface area contributed by atoms with E-state index in [0.717, 1.165) is 16.8 Å². The molecule has 3 aromatic rings. The zero-order chi connectivity index (χ0) is 20.6. The number of rotatable bonds is 5. The molecule has 1 amide bonds. The molecule has 0 spiro atoms. The van der Waals surface area contributed by atoms with Crippen molar-refractivity contribution in [1.29, 1.82) is 0 Å². The summed E-state index contributed by atoms with van der Waals surface area (Å²) in [5.41, 5.74) is 2.70. The highest BCUT2D eigenvalue weighted by Crippen LogP contribution is 2.61. The molecular formula is C25H23ClFNO. The van der Waals surface area contributed by atoms with E-state index in [2.05, 4.69) is 0 Å². The van der Waals surface area contributed by atoms with E-state index < -0.39 is 5.67 Å². The molecule has 0 heterocycles. The van der Waals surface area contributed by atoms with Gasteiger partial charge in [-0.15, -0.1) is 0 Å². The van der Waals surface area contributed by atoms with E-state index in [4.69, 9.17) is 11.6 Å². The van der Waals surface area contributed by atoms with Gasteiger partial charge in [0.05, 0.1) is 0 Å². The lowest BCUT2D eigenvalue weighted by atomic mass is 10.0. The molecule has 3 aromatic carbocycles. The van der Waals surface area contributed by atoms with E-state index in [0.29, 0.717) is 29.1 Å². The fourth-order valence-electron chi connectivity index (χ4n) is 3.97. The van der Waals surface area contributed by atoms with Crippen molar-refractivity contribution in [1.82, 2.24) is 0 Å². The van der Waals surface area contributed by atoms with Crippen LogP contribution in [-0.4, -0.2) is 12.5 Å². The minimum Gasteiger partial charge on any atom is -0.308 e. The first-order chi connectivity index (χ1) is 13.9.